The standard InChI is InChI=1S/C62H37N3OS/c1-3-17-38(18-4-1)41-36-50(57-47-27-11-14-32-54(47)67-55(57)37-41)61-64-59(63-60(65-61)49-28-16-31-53-56(49)48-34-33-39-19-7-8-24-44(39)58(48)66-53)40-20-15-23-43(35-40)62(42-21-5-2-6-22-42)51-29-12-9-25-45(51)46-26-10-13-30-52(46)62/h1-37H. The van der Waals surface area contributed by atoms with Crippen LogP contribution >= 0.6 is 11.3 Å². The van der Waals surface area contributed by atoms with Gasteiger partial charge in [0, 0.05) is 53.0 Å². The molecule has 0 aliphatic heterocycles. The number of rotatable bonds is 6. The Labute approximate surface area is 390 Å². The number of benzene rings is 10. The van der Waals surface area contributed by atoms with Gasteiger partial charge in [0.05, 0.1) is 5.41 Å². The number of hydrogen-bond acceptors (Lipinski definition) is 5. The smallest absolute Gasteiger partial charge is 0.164 e. The number of hydrogen-bond donors (Lipinski definition) is 0. The maximum Gasteiger partial charge on any atom is 0.164 e. The van der Waals surface area contributed by atoms with E-state index >= 15 is 0 Å². The van der Waals surface area contributed by atoms with Crippen LogP contribution in [0.15, 0.2) is 229 Å². The van der Waals surface area contributed by atoms with Gasteiger partial charge in [-0.05, 0) is 86.3 Å². The highest BCUT2D eigenvalue weighted by atomic mass is 32.1. The molecule has 0 unspecified atom stereocenters. The molecule has 4 nitrogen and oxygen atoms in total. The van der Waals surface area contributed by atoms with E-state index in [9.17, 15) is 0 Å². The van der Waals surface area contributed by atoms with Crippen LogP contribution in [0, 0.1) is 0 Å². The highest BCUT2D eigenvalue weighted by Gasteiger charge is 2.46. The predicted octanol–water partition coefficient (Wildman–Crippen LogP) is 16.3. The topological polar surface area (TPSA) is 51.8 Å². The lowest BCUT2D eigenvalue weighted by atomic mass is 9.67. The summed E-state index contributed by atoms with van der Waals surface area (Å²) in [5.74, 6) is 1.79. The Bertz CT molecular complexity index is 4070. The third-order valence-electron chi connectivity index (χ3n) is 13.8. The van der Waals surface area contributed by atoms with Crippen LogP contribution in [-0.4, -0.2) is 15.0 Å². The zero-order chi connectivity index (χ0) is 44.1. The van der Waals surface area contributed by atoms with Crippen molar-refractivity contribution in [2.24, 2.45) is 0 Å². The normalized spacial score (nSPS) is 12.9. The summed E-state index contributed by atoms with van der Waals surface area (Å²) in [5.41, 5.74) is 13.4. The number of aromatic nitrogens is 3. The number of thiophene rings is 1. The molecule has 312 valence electrons. The molecule has 13 aromatic rings. The van der Waals surface area contributed by atoms with Crippen molar-refractivity contribution in [2.45, 2.75) is 5.41 Å². The summed E-state index contributed by atoms with van der Waals surface area (Å²) in [6, 6.07) is 80.3. The van der Waals surface area contributed by atoms with E-state index < -0.39 is 5.41 Å². The van der Waals surface area contributed by atoms with Gasteiger partial charge in [-0.3, -0.25) is 0 Å². The molecule has 1 aliphatic rings. The zero-order valence-corrected chi connectivity index (χ0v) is 36.8. The first-order valence-electron chi connectivity index (χ1n) is 22.7. The van der Waals surface area contributed by atoms with Crippen LogP contribution in [0.5, 0.6) is 0 Å². The third kappa shape index (κ3) is 5.68. The Hall–Kier alpha value is -8.51. The molecule has 14 rings (SSSR count). The van der Waals surface area contributed by atoms with Crippen LogP contribution < -0.4 is 0 Å². The van der Waals surface area contributed by atoms with Gasteiger partial charge in [-0.25, -0.2) is 15.0 Å². The Balaban J connectivity index is 1.06. The van der Waals surface area contributed by atoms with Crippen molar-refractivity contribution in [2.75, 3.05) is 0 Å². The van der Waals surface area contributed by atoms with E-state index in [1.165, 1.54) is 42.6 Å². The van der Waals surface area contributed by atoms with E-state index in [0.717, 1.165) is 71.5 Å². The molecule has 0 saturated carbocycles. The Kier molecular flexibility index (Phi) is 8.33. The van der Waals surface area contributed by atoms with Crippen molar-refractivity contribution in [1.29, 1.82) is 0 Å². The second kappa shape index (κ2) is 14.8. The second-order valence-corrected chi connectivity index (χ2v) is 18.5. The summed E-state index contributed by atoms with van der Waals surface area (Å²) in [5, 5.41) is 6.52. The molecule has 67 heavy (non-hydrogen) atoms. The molecule has 0 fully saturated rings. The summed E-state index contributed by atoms with van der Waals surface area (Å²) < 4.78 is 9.13. The van der Waals surface area contributed by atoms with Crippen molar-refractivity contribution in [3.05, 3.63) is 247 Å². The zero-order valence-electron chi connectivity index (χ0n) is 36.0. The van der Waals surface area contributed by atoms with Crippen molar-refractivity contribution in [3.8, 4) is 56.4 Å². The highest BCUT2D eigenvalue weighted by molar-refractivity contribution is 7.26. The van der Waals surface area contributed by atoms with Crippen LogP contribution in [0.1, 0.15) is 22.3 Å². The molecule has 3 heterocycles. The van der Waals surface area contributed by atoms with E-state index in [4.69, 9.17) is 19.4 Å². The lowest BCUT2D eigenvalue weighted by Crippen LogP contribution is -2.28. The summed E-state index contributed by atoms with van der Waals surface area (Å²) in [7, 11) is 0. The molecule has 10 aromatic carbocycles. The Morgan fingerprint density at radius 1 is 0.358 bits per heavy atom. The minimum absolute atomic E-state index is 0.582. The predicted molar refractivity (Wildman–Crippen MR) is 277 cm³/mol. The minimum Gasteiger partial charge on any atom is -0.455 e. The molecule has 0 atom stereocenters. The third-order valence-corrected chi connectivity index (χ3v) is 14.9. The maximum absolute atomic E-state index is 6.73. The Morgan fingerprint density at radius 2 is 0.970 bits per heavy atom. The van der Waals surface area contributed by atoms with Gasteiger partial charge in [0.1, 0.15) is 11.2 Å². The number of fused-ring (bicyclic) bond motifs is 11. The first-order valence-corrected chi connectivity index (χ1v) is 23.5. The van der Waals surface area contributed by atoms with Crippen LogP contribution in [-0.2, 0) is 5.41 Å². The fraction of sp³-hybridized carbons (Fsp3) is 0.0161. The molecule has 1 aliphatic carbocycles. The SMILES string of the molecule is c1ccc(-c2cc(-c3nc(-c4cccc(C5(c6ccccc6)c6ccccc6-c6ccccc65)c4)nc(-c4cccc5oc6c7ccccc7ccc6c45)n3)c3c(c2)sc2ccccc23)cc1. The molecule has 3 aromatic heterocycles. The van der Waals surface area contributed by atoms with E-state index in [2.05, 4.69) is 212 Å². The van der Waals surface area contributed by atoms with Gasteiger partial charge in [0.2, 0.25) is 0 Å². The molecule has 5 heteroatoms. The fourth-order valence-electron chi connectivity index (χ4n) is 10.9. The minimum atomic E-state index is -0.584. The quantitative estimate of drug-likeness (QED) is 0.167. The summed E-state index contributed by atoms with van der Waals surface area (Å²) in [6.45, 7) is 0. The van der Waals surface area contributed by atoms with Crippen LogP contribution in [0.4, 0.5) is 0 Å². The molecule has 0 radical (unpaired) electrons. The van der Waals surface area contributed by atoms with Crippen molar-refractivity contribution >= 4 is 64.2 Å². The summed E-state index contributed by atoms with van der Waals surface area (Å²) in [6.07, 6.45) is 0. The molecule has 0 spiro atoms. The van der Waals surface area contributed by atoms with Gasteiger partial charge in [-0.15, -0.1) is 11.3 Å². The van der Waals surface area contributed by atoms with Crippen molar-refractivity contribution in [3.63, 3.8) is 0 Å². The molecule has 0 N–H and O–H groups in total. The molecular weight excluding hydrogens is 835 g/mol. The average Bonchev–Trinajstić information content (AvgIpc) is 4.08. The monoisotopic (exact) mass is 871 g/mol. The molecule has 0 bridgehead atoms. The van der Waals surface area contributed by atoms with E-state index in [0.29, 0.717) is 17.5 Å². The van der Waals surface area contributed by atoms with E-state index in [-0.39, 0.29) is 0 Å². The molecular formula is C62H37N3OS. The first-order chi connectivity index (χ1) is 33.2. The largest absolute Gasteiger partial charge is 0.455 e. The summed E-state index contributed by atoms with van der Waals surface area (Å²) in [4.78, 5) is 16.6. The molecule has 0 amide bonds. The maximum atomic E-state index is 6.73. The van der Waals surface area contributed by atoms with Gasteiger partial charge in [-0.2, -0.15) is 0 Å². The van der Waals surface area contributed by atoms with E-state index in [1.54, 1.807) is 11.3 Å². The van der Waals surface area contributed by atoms with Gasteiger partial charge in [-0.1, -0.05) is 188 Å². The second-order valence-electron chi connectivity index (χ2n) is 17.4. The highest BCUT2D eigenvalue weighted by Crippen LogP contribution is 2.56. The van der Waals surface area contributed by atoms with Crippen LogP contribution in [0.2, 0.25) is 0 Å². The lowest BCUT2D eigenvalue weighted by Gasteiger charge is -2.34. The lowest BCUT2D eigenvalue weighted by molar-refractivity contribution is 0.672. The summed E-state index contributed by atoms with van der Waals surface area (Å²) >= 11 is 1.80. The molecule has 0 saturated heterocycles. The van der Waals surface area contributed by atoms with Crippen LogP contribution in [0.25, 0.3) is 109 Å². The van der Waals surface area contributed by atoms with E-state index in [1.807, 2.05) is 12.1 Å². The van der Waals surface area contributed by atoms with Crippen molar-refractivity contribution in [1.82, 2.24) is 15.0 Å². The van der Waals surface area contributed by atoms with Gasteiger partial charge >= 0.3 is 0 Å². The van der Waals surface area contributed by atoms with Gasteiger partial charge in [0.15, 0.2) is 17.5 Å². The Morgan fingerprint density at radius 3 is 1.78 bits per heavy atom. The first kappa shape index (κ1) is 37.8. The van der Waals surface area contributed by atoms with Crippen molar-refractivity contribution < 1.29 is 4.42 Å². The number of nitrogens with zero attached hydrogens (tertiary/aromatic N) is 3. The fourth-order valence-corrected chi connectivity index (χ4v) is 12.1. The van der Waals surface area contributed by atoms with Crippen LogP contribution in [0.3, 0.4) is 0 Å². The average molecular weight is 872 g/mol. The number of furan rings is 1. The van der Waals surface area contributed by atoms with Gasteiger partial charge in [0.25, 0.3) is 0 Å². The van der Waals surface area contributed by atoms with Gasteiger partial charge < -0.3 is 4.42 Å².